The number of para-hydroxylation sites is 1. The van der Waals surface area contributed by atoms with Gasteiger partial charge in [0.05, 0.1) is 5.52 Å². The van der Waals surface area contributed by atoms with Gasteiger partial charge in [0.2, 0.25) is 5.95 Å². The summed E-state index contributed by atoms with van der Waals surface area (Å²) in [5.74, 6) is 1.18. The van der Waals surface area contributed by atoms with Gasteiger partial charge >= 0.3 is 0 Å². The second kappa shape index (κ2) is 9.41. The summed E-state index contributed by atoms with van der Waals surface area (Å²) in [6, 6.07) is 21.5. The van der Waals surface area contributed by atoms with Gasteiger partial charge in [-0.2, -0.15) is 4.98 Å². The average molecular weight is 452 g/mol. The lowest BCUT2D eigenvalue weighted by atomic mass is 10.2. The van der Waals surface area contributed by atoms with E-state index in [0.29, 0.717) is 16.0 Å². The lowest BCUT2D eigenvalue weighted by molar-refractivity contribution is 0.866. The Balaban J connectivity index is 1.66. The highest BCUT2D eigenvalue weighted by Gasteiger charge is 2.10. The van der Waals surface area contributed by atoms with E-state index in [1.807, 2.05) is 24.3 Å². The van der Waals surface area contributed by atoms with Gasteiger partial charge < -0.3 is 15.5 Å². The molecule has 0 aliphatic carbocycles. The molecule has 0 unspecified atom stereocenters. The largest absolute Gasteiger partial charge is 0.372 e. The van der Waals surface area contributed by atoms with Gasteiger partial charge in [0, 0.05) is 45.6 Å². The predicted molar refractivity (Wildman–Crippen MR) is 133 cm³/mol. The zero-order valence-electron chi connectivity index (χ0n) is 17.4. The van der Waals surface area contributed by atoms with Gasteiger partial charge in [0.25, 0.3) is 0 Å². The van der Waals surface area contributed by atoms with Gasteiger partial charge in [-0.1, -0.05) is 35.3 Å². The molecule has 0 bridgehead atoms. The van der Waals surface area contributed by atoms with E-state index in [2.05, 4.69) is 58.6 Å². The highest BCUT2D eigenvalue weighted by molar-refractivity contribution is 6.35. The van der Waals surface area contributed by atoms with E-state index in [-0.39, 0.29) is 0 Å². The Kier molecular flexibility index (Phi) is 6.44. The zero-order chi connectivity index (χ0) is 21.8. The molecule has 5 nitrogen and oxygen atoms in total. The summed E-state index contributed by atoms with van der Waals surface area (Å²) in [5, 5.41) is 8.66. The Hall–Kier alpha value is -3.02. The smallest absolute Gasteiger partial charge is 0.229 e. The minimum absolute atomic E-state index is 0.458. The van der Waals surface area contributed by atoms with Crippen molar-refractivity contribution in [1.82, 2.24) is 9.97 Å². The molecule has 0 fully saturated rings. The molecule has 0 aliphatic rings. The van der Waals surface area contributed by atoms with Crippen LogP contribution in [0.25, 0.3) is 10.9 Å². The minimum atomic E-state index is 0.458. The van der Waals surface area contributed by atoms with Crippen molar-refractivity contribution in [3.63, 3.8) is 0 Å². The van der Waals surface area contributed by atoms with Crippen LogP contribution in [0.1, 0.15) is 13.8 Å². The molecular formula is C24H23Cl2N5. The lowest BCUT2D eigenvalue weighted by Gasteiger charge is -2.21. The van der Waals surface area contributed by atoms with E-state index in [4.69, 9.17) is 28.2 Å². The molecule has 7 heteroatoms. The standard InChI is InChI=1S/C24H23Cl2N5/c1-3-31(4-2)20-11-9-18(10-12-20)27-23-21-7-5-6-8-22(21)29-24(30-23)28-19-14-16(25)13-17(26)15-19/h5-15H,3-4H2,1-2H3,(H2,27,28,29,30). The summed E-state index contributed by atoms with van der Waals surface area (Å²) in [4.78, 5) is 11.7. The molecule has 158 valence electrons. The van der Waals surface area contributed by atoms with Crippen LogP contribution in [0, 0.1) is 0 Å². The third-order valence-electron chi connectivity index (χ3n) is 4.98. The fourth-order valence-corrected chi connectivity index (χ4v) is 3.99. The van der Waals surface area contributed by atoms with E-state index < -0.39 is 0 Å². The molecule has 0 radical (unpaired) electrons. The SMILES string of the molecule is CCN(CC)c1ccc(Nc2nc(Nc3cc(Cl)cc(Cl)c3)nc3ccccc23)cc1. The summed E-state index contributed by atoms with van der Waals surface area (Å²) >= 11 is 12.2. The predicted octanol–water partition coefficient (Wildman–Crippen LogP) is 7.27. The van der Waals surface area contributed by atoms with Crippen molar-refractivity contribution in [2.75, 3.05) is 28.6 Å². The number of nitrogens with zero attached hydrogens (tertiary/aromatic N) is 3. The van der Waals surface area contributed by atoms with Crippen molar-refractivity contribution < 1.29 is 0 Å². The third-order valence-corrected chi connectivity index (χ3v) is 5.42. The number of halogens is 2. The lowest BCUT2D eigenvalue weighted by Crippen LogP contribution is -2.21. The normalized spacial score (nSPS) is 10.8. The molecule has 4 rings (SSSR count). The molecule has 3 aromatic carbocycles. The molecular weight excluding hydrogens is 429 g/mol. The summed E-state index contributed by atoms with van der Waals surface area (Å²) in [7, 11) is 0. The number of hydrogen-bond acceptors (Lipinski definition) is 5. The Morgan fingerprint density at radius 1 is 0.774 bits per heavy atom. The van der Waals surface area contributed by atoms with Gasteiger partial charge in [-0.05, 0) is 68.4 Å². The van der Waals surface area contributed by atoms with Gasteiger partial charge in [0.1, 0.15) is 5.82 Å². The van der Waals surface area contributed by atoms with Crippen LogP contribution in [0.2, 0.25) is 10.0 Å². The van der Waals surface area contributed by atoms with Gasteiger partial charge in [-0.25, -0.2) is 4.98 Å². The number of anilines is 5. The molecule has 31 heavy (non-hydrogen) atoms. The van der Waals surface area contributed by atoms with Crippen molar-refractivity contribution in [3.05, 3.63) is 76.8 Å². The maximum atomic E-state index is 6.12. The Morgan fingerprint density at radius 2 is 1.45 bits per heavy atom. The summed E-state index contributed by atoms with van der Waals surface area (Å²) < 4.78 is 0. The van der Waals surface area contributed by atoms with Crippen molar-refractivity contribution in [1.29, 1.82) is 0 Å². The van der Waals surface area contributed by atoms with Crippen molar-refractivity contribution >= 4 is 62.9 Å². The second-order valence-corrected chi connectivity index (χ2v) is 7.91. The minimum Gasteiger partial charge on any atom is -0.372 e. The summed E-state index contributed by atoms with van der Waals surface area (Å²) in [6.07, 6.45) is 0. The van der Waals surface area contributed by atoms with Crippen LogP contribution in [0.15, 0.2) is 66.7 Å². The average Bonchev–Trinajstić information content (AvgIpc) is 2.75. The maximum Gasteiger partial charge on any atom is 0.229 e. The maximum absolute atomic E-state index is 6.12. The highest BCUT2D eigenvalue weighted by atomic mass is 35.5. The fraction of sp³-hybridized carbons (Fsp3) is 0.167. The highest BCUT2D eigenvalue weighted by Crippen LogP contribution is 2.29. The first kappa shape index (κ1) is 21.2. The van der Waals surface area contributed by atoms with Gasteiger partial charge in [-0.3, -0.25) is 0 Å². The van der Waals surface area contributed by atoms with Crippen molar-refractivity contribution in [2.45, 2.75) is 13.8 Å². The third kappa shape index (κ3) is 5.01. The van der Waals surface area contributed by atoms with Crippen LogP contribution >= 0.6 is 23.2 Å². The van der Waals surface area contributed by atoms with Crippen LogP contribution < -0.4 is 15.5 Å². The number of aromatic nitrogens is 2. The van der Waals surface area contributed by atoms with Crippen molar-refractivity contribution in [2.24, 2.45) is 0 Å². The number of fused-ring (bicyclic) bond motifs is 1. The number of nitrogens with one attached hydrogen (secondary N) is 2. The summed E-state index contributed by atoms with van der Waals surface area (Å²) in [5.41, 5.74) is 3.71. The van der Waals surface area contributed by atoms with E-state index in [9.17, 15) is 0 Å². The number of rotatable bonds is 7. The molecule has 0 saturated carbocycles. The molecule has 1 aromatic heterocycles. The molecule has 4 aromatic rings. The second-order valence-electron chi connectivity index (χ2n) is 7.04. The Bertz CT molecular complexity index is 1170. The number of benzene rings is 3. The van der Waals surface area contributed by atoms with Crippen LogP contribution in [0.4, 0.5) is 28.8 Å². The van der Waals surface area contributed by atoms with E-state index >= 15 is 0 Å². The molecule has 0 saturated heterocycles. The van der Waals surface area contributed by atoms with Crippen LogP contribution in [-0.2, 0) is 0 Å². The van der Waals surface area contributed by atoms with Crippen LogP contribution in [-0.4, -0.2) is 23.1 Å². The molecule has 0 atom stereocenters. The molecule has 0 aliphatic heterocycles. The zero-order valence-corrected chi connectivity index (χ0v) is 18.9. The van der Waals surface area contributed by atoms with E-state index in [1.54, 1.807) is 18.2 Å². The van der Waals surface area contributed by atoms with Crippen LogP contribution in [0.3, 0.4) is 0 Å². The Morgan fingerprint density at radius 3 is 2.13 bits per heavy atom. The first-order valence-electron chi connectivity index (χ1n) is 10.2. The molecule has 2 N–H and O–H groups in total. The van der Waals surface area contributed by atoms with E-state index in [0.717, 1.165) is 41.2 Å². The molecule has 0 spiro atoms. The van der Waals surface area contributed by atoms with Gasteiger partial charge in [0.15, 0.2) is 0 Å². The monoisotopic (exact) mass is 451 g/mol. The first-order valence-corrected chi connectivity index (χ1v) is 10.9. The first-order chi connectivity index (χ1) is 15.1. The molecule has 1 heterocycles. The molecule has 0 amide bonds. The van der Waals surface area contributed by atoms with Crippen LogP contribution in [0.5, 0.6) is 0 Å². The fourth-order valence-electron chi connectivity index (χ4n) is 3.46. The summed E-state index contributed by atoms with van der Waals surface area (Å²) in [6.45, 7) is 6.26. The number of hydrogen-bond donors (Lipinski definition) is 2. The van der Waals surface area contributed by atoms with Crippen molar-refractivity contribution in [3.8, 4) is 0 Å². The quantitative estimate of drug-likeness (QED) is 0.309. The van der Waals surface area contributed by atoms with Gasteiger partial charge in [-0.15, -0.1) is 0 Å². The Labute approximate surface area is 192 Å². The topological polar surface area (TPSA) is 53.1 Å². The van der Waals surface area contributed by atoms with E-state index in [1.165, 1.54) is 5.69 Å².